The van der Waals surface area contributed by atoms with Crippen LogP contribution in [-0.4, -0.2) is 67.8 Å². The second-order valence-electron chi connectivity index (χ2n) is 13.7. The molecule has 0 radical (unpaired) electrons. The zero-order chi connectivity index (χ0) is 32.3. The van der Waals surface area contributed by atoms with E-state index in [1.807, 2.05) is 20.8 Å². The van der Waals surface area contributed by atoms with Gasteiger partial charge < -0.3 is 29.9 Å². The molecule has 3 rings (SSSR count). The molecule has 43 heavy (non-hydrogen) atoms. The molecule has 0 aromatic heterocycles. The lowest BCUT2D eigenvalue weighted by Gasteiger charge is -2.38. The number of benzene rings is 1. The fourth-order valence-corrected chi connectivity index (χ4v) is 7.85. The maximum atomic E-state index is 13.9. The molecule has 2 aliphatic rings. The van der Waals surface area contributed by atoms with Gasteiger partial charge in [-0.1, -0.05) is 53.7 Å². The van der Waals surface area contributed by atoms with Crippen molar-refractivity contribution in [3.63, 3.8) is 0 Å². The van der Waals surface area contributed by atoms with Gasteiger partial charge in [0.2, 0.25) is 0 Å². The molecule has 2 saturated heterocycles. The molecule has 0 amide bonds. The SMILES string of the molecule is CCC(C(=O)C(C)C(O)C(C)CCc1ccc(C)c(O)c1C(=O)O)C1OC(CC)(C2CCC(CC)(CC(C)O)O2)CC1C. The first-order valence-electron chi connectivity index (χ1n) is 16.5. The van der Waals surface area contributed by atoms with Crippen molar-refractivity contribution >= 4 is 11.8 Å². The zero-order valence-electron chi connectivity index (χ0n) is 27.6. The highest BCUT2D eigenvalue weighted by atomic mass is 16.6. The number of carbonyl (C=O) groups is 2. The van der Waals surface area contributed by atoms with Gasteiger partial charge in [-0.15, -0.1) is 0 Å². The van der Waals surface area contributed by atoms with Gasteiger partial charge in [0, 0.05) is 18.3 Å². The molecule has 0 spiro atoms. The average Bonchev–Trinajstić information content (AvgIpc) is 3.54. The van der Waals surface area contributed by atoms with E-state index in [0.29, 0.717) is 36.8 Å². The molecular formula is C35H56O8. The van der Waals surface area contributed by atoms with E-state index in [1.165, 1.54) is 0 Å². The largest absolute Gasteiger partial charge is 0.507 e. The zero-order valence-corrected chi connectivity index (χ0v) is 27.6. The molecule has 10 unspecified atom stereocenters. The van der Waals surface area contributed by atoms with E-state index in [2.05, 4.69) is 20.8 Å². The maximum Gasteiger partial charge on any atom is 0.339 e. The quantitative estimate of drug-likeness (QED) is 0.185. The van der Waals surface area contributed by atoms with Gasteiger partial charge in [0.25, 0.3) is 0 Å². The normalized spacial score (nSPS) is 31.0. The van der Waals surface area contributed by atoms with Gasteiger partial charge in [0.15, 0.2) is 0 Å². The van der Waals surface area contributed by atoms with Crippen molar-refractivity contribution < 1.29 is 39.5 Å². The van der Waals surface area contributed by atoms with Gasteiger partial charge in [-0.25, -0.2) is 4.79 Å². The number of aromatic hydroxyl groups is 1. The van der Waals surface area contributed by atoms with Gasteiger partial charge in [0.1, 0.15) is 17.1 Å². The van der Waals surface area contributed by atoms with Crippen molar-refractivity contribution in [2.45, 2.75) is 149 Å². The van der Waals surface area contributed by atoms with Crippen LogP contribution in [0.3, 0.4) is 0 Å². The fourth-order valence-electron chi connectivity index (χ4n) is 7.85. The van der Waals surface area contributed by atoms with Gasteiger partial charge in [0.05, 0.1) is 35.6 Å². The number of aliphatic hydroxyl groups excluding tert-OH is 2. The van der Waals surface area contributed by atoms with Crippen LogP contribution in [0.1, 0.15) is 121 Å². The van der Waals surface area contributed by atoms with Crippen molar-refractivity contribution in [2.24, 2.45) is 23.7 Å². The summed E-state index contributed by atoms with van der Waals surface area (Å²) in [6, 6.07) is 3.41. The summed E-state index contributed by atoms with van der Waals surface area (Å²) in [6.07, 6.45) is 4.52. The number of hydrogen-bond acceptors (Lipinski definition) is 7. The van der Waals surface area contributed by atoms with E-state index in [-0.39, 0.29) is 52.7 Å². The lowest BCUT2D eigenvalue weighted by atomic mass is 9.77. The highest BCUT2D eigenvalue weighted by Crippen LogP contribution is 2.50. The number of phenols is 1. The van der Waals surface area contributed by atoms with Crippen molar-refractivity contribution in [1.82, 2.24) is 0 Å². The number of aromatic carboxylic acids is 1. The van der Waals surface area contributed by atoms with Crippen LogP contribution in [0.2, 0.25) is 0 Å². The number of ether oxygens (including phenoxy) is 2. The number of rotatable bonds is 15. The lowest BCUT2D eigenvalue weighted by Crippen LogP contribution is -2.46. The molecule has 0 saturated carbocycles. The first-order valence-corrected chi connectivity index (χ1v) is 16.5. The molecule has 0 aliphatic carbocycles. The van der Waals surface area contributed by atoms with Gasteiger partial charge >= 0.3 is 5.97 Å². The van der Waals surface area contributed by atoms with E-state index in [4.69, 9.17) is 9.47 Å². The summed E-state index contributed by atoms with van der Waals surface area (Å²) in [5.41, 5.74) is 0.0849. The number of hydrogen-bond donors (Lipinski definition) is 4. The Bertz CT molecular complexity index is 1120. The van der Waals surface area contributed by atoms with Crippen LogP contribution in [-0.2, 0) is 20.7 Å². The van der Waals surface area contributed by atoms with Crippen LogP contribution in [0.15, 0.2) is 12.1 Å². The summed E-state index contributed by atoms with van der Waals surface area (Å²) < 4.78 is 13.6. The first-order chi connectivity index (χ1) is 20.2. The molecule has 1 aromatic rings. The number of aryl methyl sites for hydroxylation is 2. The van der Waals surface area contributed by atoms with Gasteiger partial charge in [-0.2, -0.15) is 0 Å². The molecule has 244 valence electrons. The maximum absolute atomic E-state index is 13.9. The van der Waals surface area contributed by atoms with Crippen molar-refractivity contribution in [3.05, 3.63) is 28.8 Å². The molecule has 2 aliphatic heterocycles. The molecule has 1 aromatic carbocycles. The Kier molecular flexibility index (Phi) is 11.9. The highest BCUT2D eigenvalue weighted by molar-refractivity contribution is 5.93. The van der Waals surface area contributed by atoms with E-state index < -0.39 is 29.7 Å². The standard InChI is InChI=1S/C35H56O8/c1-9-26(32-22(6)18-35(11-3,43-32)27-16-17-34(10-2,42-27)19-23(7)36)31(39)24(8)29(37)20(4)12-14-25-15-13-21(5)30(38)28(25)33(40)41/h13,15,20,22-24,26-27,29,32,36-38H,9-12,14,16-19H2,1-8H3,(H,40,41). The Morgan fingerprint density at radius 3 is 2.30 bits per heavy atom. The molecule has 2 fully saturated rings. The molecule has 4 N–H and O–H groups in total. The van der Waals surface area contributed by atoms with Crippen molar-refractivity contribution in [1.29, 1.82) is 0 Å². The van der Waals surface area contributed by atoms with E-state index in [9.17, 15) is 30.0 Å². The molecular weight excluding hydrogens is 548 g/mol. The Hall–Kier alpha value is -2.00. The minimum atomic E-state index is -1.18. The topological polar surface area (TPSA) is 134 Å². The van der Waals surface area contributed by atoms with Crippen LogP contribution in [0, 0.1) is 30.6 Å². The fraction of sp³-hybridized carbons (Fsp3) is 0.771. The molecule has 0 bridgehead atoms. The van der Waals surface area contributed by atoms with Crippen LogP contribution in [0.5, 0.6) is 5.75 Å². The predicted molar refractivity (Wildman–Crippen MR) is 166 cm³/mol. The third-order valence-corrected chi connectivity index (χ3v) is 10.6. The number of aliphatic hydroxyl groups is 2. The molecule has 2 heterocycles. The van der Waals surface area contributed by atoms with Gasteiger partial charge in [-0.05, 0) is 88.2 Å². The Morgan fingerprint density at radius 1 is 1.07 bits per heavy atom. The number of carboxylic acids is 1. The number of carbonyl (C=O) groups excluding carboxylic acids is 1. The Balaban J connectivity index is 1.70. The minimum Gasteiger partial charge on any atom is -0.507 e. The minimum absolute atomic E-state index is 0.00541. The van der Waals surface area contributed by atoms with Crippen LogP contribution in [0.4, 0.5) is 0 Å². The summed E-state index contributed by atoms with van der Waals surface area (Å²) in [5, 5.41) is 41.3. The van der Waals surface area contributed by atoms with E-state index >= 15 is 0 Å². The summed E-state index contributed by atoms with van der Waals surface area (Å²) in [6.45, 7) is 15.5. The van der Waals surface area contributed by atoms with E-state index in [1.54, 1.807) is 26.0 Å². The average molecular weight is 605 g/mol. The smallest absolute Gasteiger partial charge is 0.339 e. The van der Waals surface area contributed by atoms with Crippen LogP contribution in [0.25, 0.3) is 0 Å². The third-order valence-electron chi connectivity index (χ3n) is 10.6. The first kappa shape index (κ1) is 35.5. The monoisotopic (exact) mass is 604 g/mol. The summed E-state index contributed by atoms with van der Waals surface area (Å²) in [5.74, 6) is -2.50. The second kappa shape index (κ2) is 14.4. The van der Waals surface area contributed by atoms with Crippen LogP contribution < -0.4 is 0 Å². The summed E-state index contributed by atoms with van der Waals surface area (Å²) in [7, 11) is 0. The Labute approximate surface area is 258 Å². The molecule has 8 nitrogen and oxygen atoms in total. The summed E-state index contributed by atoms with van der Waals surface area (Å²) in [4.78, 5) is 25.7. The van der Waals surface area contributed by atoms with E-state index in [0.717, 1.165) is 32.1 Å². The third kappa shape index (κ3) is 7.46. The highest BCUT2D eigenvalue weighted by Gasteiger charge is 2.56. The second-order valence-corrected chi connectivity index (χ2v) is 13.7. The van der Waals surface area contributed by atoms with Gasteiger partial charge in [-0.3, -0.25) is 4.79 Å². The number of Topliss-reactive ketones (excluding diaryl/α,β-unsaturated/α-hetero) is 1. The van der Waals surface area contributed by atoms with Crippen molar-refractivity contribution in [2.75, 3.05) is 0 Å². The van der Waals surface area contributed by atoms with Crippen molar-refractivity contribution in [3.8, 4) is 5.75 Å². The molecule has 10 atom stereocenters. The molecule has 8 heteroatoms. The number of carboxylic acid groups (broad SMARTS) is 1. The number of ketones is 1. The Morgan fingerprint density at radius 2 is 1.74 bits per heavy atom. The van der Waals surface area contributed by atoms with Crippen LogP contribution >= 0.6 is 0 Å². The lowest BCUT2D eigenvalue weighted by molar-refractivity contribution is -0.176. The predicted octanol–water partition coefficient (Wildman–Crippen LogP) is 6.23. The summed E-state index contributed by atoms with van der Waals surface area (Å²) >= 11 is 0.